The number of para-hydroxylation sites is 1. The van der Waals surface area contributed by atoms with Crippen LogP contribution in [-0.4, -0.2) is 36.4 Å². The van der Waals surface area contributed by atoms with E-state index in [1.54, 1.807) is 26.4 Å². The van der Waals surface area contributed by atoms with Crippen LogP contribution in [0.3, 0.4) is 0 Å². The molecular weight excluding hydrogens is 556 g/mol. The Morgan fingerprint density at radius 1 is 0.750 bits per heavy atom. The highest BCUT2D eigenvalue weighted by molar-refractivity contribution is 5.87. The summed E-state index contributed by atoms with van der Waals surface area (Å²) in [5.41, 5.74) is 5.36. The summed E-state index contributed by atoms with van der Waals surface area (Å²) in [7, 11) is 3.24. The molecule has 7 heteroatoms. The van der Waals surface area contributed by atoms with Gasteiger partial charge in [0, 0.05) is 12.0 Å². The molecule has 0 amide bonds. The van der Waals surface area contributed by atoms with Gasteiger partial charge in [0.1, 0.15) is 12.4 Å². The third-order valence-electron chi connectivity index (χ3n) is 7.45. The van der Waals surface area contributed by atoms with Gasteiger partial charge in [-0.15, -0.1) is 0 Å². The Balaban J connectivity index is 1.43. The lowest BCUT2D eigenvalue weighted by molar-refractivity contribution is -0.137. The minimum absolute atomic E-state index is 0.148. The smallest absolute Gasteiger partial charge is 0.335 e. The lowest BCUT2D eigenvalue weighted by Gasteiger charge is -2.14. The Labute approximate surface area is 258 Å². The first-order valence-corrected chi connectivity index (χ1v) is 14.6. The van der Waals surface area contributed by atoms with Gasteiger partial charge in [-0.3, -0.25) is 4.79 Å². The van der Waals surface area contributed by atoms with Gasteiger partial charge in [0.15, 0.2) is 11.5 Å². The van der Waals surface area contributed by atoms with Crippen LogP contribution in [0.2, 0.25) is 0 Å². The van der Waals surface area contributed by atoms with Crippen LogP contribution in [0.5, 0.6) is 17.2 Å². The summed E-state index contributed by atoms with van der Waals surface area (Å²) in [6.07, 6.45) is 7.29. The molecule has 1 unspecified atom stereocenters. The molecule has 7 nitrogen and oxygen atoms in total. The molecule has 4 aromatic rings. The second-order valence-electron chi connectivity index (χ2n) is 10.6. The normalized spacial score (nSPS) is 11.7. The Kier molecular flexibility index (Phi) is 11.6. The monoisotopic (exact) mass is 594 g/mol. The average molecular weight is 595 g/mol. The fourth-order valence-corrected chi connectivity index (χ4v) is 4.99. The number of hydrogen-bond donors (Lipinski definition) is 2. The quantitative estimate of drug-likeness (QED) is 0.126. The van der Waals surface area contributed by atoms with E-state index < -0.39 is 11.9 Å². The number of carboxylic acids is 2. The molecule has 0 fully saturated rings. The lowest BCUT2D eigenvalue weighted by atomic mass is 9.92. The lowest BCUT2D eigenvalue weighted by Crippen LogP contribution is -2.04. The van der Waals surface area contributed by atoms with E-state index >= 15 is 0 Å². The number of allylic oxidation sites excluding steroid dienone is 1. The number of ether oxygens (including phenoxy) is 3. The molecule has 1 atom stereocenters. The third kappa shape index (κ3) is 9.23. The highest BCUT2D eigenvalue weighted by Gasteiger charge is 2.11. The number of carbonyl (C=O) groups is 2. The van der Waals surface area contributed by atoms with Crippen LogP contribution < -0.4 is 14.2 Å². The summed E-state index contributed by atoms with van der Waals surface area (Å²) in [5, 5.41) is 18.2. The second-order valence-corrected chi connectivity index (χ2v) is 10.6. The van der Waals surface area contributed by atoms with Gasteiger partial charge in [0.2, 0.25) is 0 Å². The highest BCUT2D eigenvalue weighted by Crippen LogP contribution is 2.32. The van der Waals surface area contributed by atoms with E-state index in [1.165, 1.54) is 0 Å². The maximum Gasteiger partial charge on any atom is 0.335 e. The molecular formula is C37H38O7. The summed E-state index contributed by atoms with van der Waals surface area (Å²) in [6.45, 7) is 0.408. The van der Waals surface area contributed by atoms with E-state index in [0.717, 1.165) is 52.8 Å². The van der Waals surface area contributed by atoms with Crippen LogP contribution in [-0.2, 0) is 17.8 Å². The van der Waals surface area contributed by atoms with Gasteiger partial charge in [-0.25, -0.2) is 4.79 Å². The zero-order valence-electron chi connectivity index (χ0n) is 25.1. The van der Waals surface area contributed by atoms with Crippen molar-refractivity contribution in [3.05, 3.63) is 119 Å². The summed E-state index contributed by atoms with van der Waals surface area (Å²) < 4.78 is 17.0. The maximum absolute atomic E-state index is 11.2. The number of benzene rings is 4. The van der Waals surface area contributed by atoms with E-state index in [4.69, 9.17) is 19.3 Å². The van der Waals surface area contributed by atoms with Crippen molar-refractivity contribution in [3.8, 4) is 28.4 Å². The third-order valence-corrected chi connectivity index (χ3v) is 7.45. The average Bonchev–Trinajstić information content (AvgIpc) is 3.04. The number of rotatable bonds is 16. The van der Waals surface area contributed by atoms with E-state index in [-0.39, 0.29) is 17.9 Å². The van der Waals surface area contributed by atoms with E-state index in [9.17, 15) is 14.7 Å². The Morgan fingerprint density at radius 3 is 2.11 bits per heavy atom. The first kappa shape index (κ1) is 31.9. The van der Waals surface area contributed by atoms with Crippen LogP contribution in [0, 0.1) is 5.92 Å². The predicted octanol–water partition coefficient (Wildman–Crippen LogP) is 8.17. The molecule has 0 saturated carbocycles. The first-order valence-electron chi connectivity index (χ1n) is 14.6. The van der Waals surface area contributed by atoms with Crippen molar-refractivity contribution in [1.29, 1.82) is 0 Å². The largest absolute Gasteiger partial charge is 0.493 e. The molecule has 0 radical (unpaired) electrons. The Hall–Kier alpha value is -5.04. The zero-order chi connectivity index (χ0) is 31.3. The fourth-order valence-electron chi connectivity index (χ4n) is 4.99. The van der Waals surface area contributed by atoms with Gasteiger partial charge in [-0.05, 0) is 77.8 Å². The molecule has 228 valence electrons. The molecule has 0 saturated heterocycles. The van der Waals surface area contributed by atoms with Gasteiger partial charge in [0.05, 0.1) is 19.8 Å². The molecule has 44 heavy (non-hydrogen) atoms. The number of aromatic carboxylic acids is 1. The van der Waals surface area contributed by atoms with Crippen molar-refractivity contribution in [1.82, 2.24) is 0 Å². The van der Waals surface area contributed by atoms with Crippen molar-refractivity contribution in [2.24, 2.45) is 5.92 Å². The van der Waals surface area contributed by atoms with Crippen molar-refractivity contribution in [3.63, 3.8) is 0 Å². The predicted molar refractivity (Wildman–Crippen MR) is 171 cm³/mol. The van der Waals surface area contributed by atoms with E-state index in [1.807, 2.05) is 66.7 Å². The molecule has 0 aliphatic carbocycles. The van der Waals surface area contributed by atoms with Gasteiger partial charge in [-0.2, -0.15) is 0 Å². The standard InChI is InChI=1S/C37H38O7/c1-42-34-22-21-32(24-35(34)43-2)29-16-14-28(15-17-29)25-44-33-9-5-4-8-30(33)18-11-26(7-3-6-10-36(38)39)23-27-12-19-31(20-13-27)37(40)41/h4-5,8-9,11-22,24,26H,3,6-7,10,23,25H2,1-2H3,(H,38,39)(H,40,41). The molecule has 4 rings (SSSR count). The van der Waals surface area contributed by atoms with Crippen LogP contribution >= 0.6 is 0 Å². The minimum atomic E-state index is -0.952. The molecule has 2 N–H and O–H groups in total. The van der Waals surface area contributed by atoms with Crippen LogP contribution in [0.15, 0.2) is 97.1 Å². The van der Waals surface area contributed by atoms with Crippen molar-refractivity contribution in [2.75, 3.05) is 14.2 Å². The summed E-state index contributed by atoms with van der Waals surface area (Å²) in [4.78, 5) is 22.2. The van der Waals surface area contributed by atoms with E-state index in [2.05, 4.69) is 24.3 Å². The van der Waals surface area contributed by atoms with Crippen molar-refractivity contribution < 1.29 is 34.0 Å². The number of aliphatic carboxylic acids is 1. The maximum atomic E-state index is 11.2. The molecule has 0 spiro atoms. The van der Waals surface area contributed by atoms with Gasteiger partial charge >= 0.3 is 11.9 Å². The van der Waals surface area contributed by atoms with Gasteiger partial charge < -0.3 is 24.4 Å². The Morgan fingerprint density at radius 2 is 1.43 bits per heavy atom. The first-order chi connectivity index (χ1) is 21.4. The van der Waals surface area contributed by atoms with Crippen LogP contribution in [0.25, 0.3) is 17.2 Å². The van der Waals surface area contributed by atoms with Crippen LogP contribution in [0.4, 0.5) is 0 Å². The Bertz CT molecular complexity index is 1560. The number of unbranched alkanes of at least 4 members (excludes halogenated alkanes) is 1. The molecule has 0 aromatic heterocycles. The molecule has 0 aliphatic heterocycles. The number of hydrogen-bond acceptors (Lipinski definition) is 5. The summed E-state index contributed by atoms with van der Waals surface area (Å²) in [6, 6.07) is 28.9. The topological polar surface area (TPSA) is 102 Å². The SMILES string of the molecule is COc1ccc(-c2ccc(COc3ccccc3C=CC(CCCCC(=O)O)Cc3ccc(C(=O)O)cc3)cc2)cc1OC. The molecule has 0 bridgehead atoms. The van der Waals surface area contributed by atoms with Gasteiger partial charge in [-0.1, -0.05) is 79.2 Å². The van der Waals surface area contributed by atoms with Crippen LogP contribution in [0.1, 0.15) is 52.7 Å². The van der Waals surface area contributed by atoms with Crippen molar-refractivity contribution in [2.45, 2.75) is 38.7 Å². The molecule has 4 aromatic carbocycles. The van der Waals surface area contributed by atoms with Crippen molar-refractivity contribution >= 4 is 18.0 Å². The molecule has 0 heterocycles. The zero-order valence-corrected chi connectivity index (χ0v) is 25.1. The molecule has 0 aliphatic rings. The highest BCUT2D eigenvalue weighted by atomic mass is 16.5. The number of methoxy groups -OCH3 is 2. The fraction of sp³-hybridized carbons (Fsp3) is 0.243. The van der Waals surface area contributed by atoms with Gasteiger partial charge in [0.25, 0.3) is 0 Å². The minimum Gasteiger partial charge on any atom is -0.493 e. The van der Waals surface area contributed by atoms with E-state index in [0.29, 0.717) is 24.5 Å². The summed E-state index contributed by atoms with van der Waals surface area (Å²) in [5.74, 6) is 0.545. The second kappa shape index (κ2) is 16.0. The summed E-state index contributed by atoms with van der Waals surface area (Å²) >= 11 is 0. The number of carboxylic acid groups (broad SMARTS) is 2.